The quantitative estimate of drug-likeness (QED) is 0.833. The van der Waals surface area contributed by atoms with Crippen LogP contribution in [0.4, 0.5) is 5.69 Å². The predicted molar refractivity (Wildman–Crippen MR) is 96.6 cm³/mol. The molecule has 1 saturated heterocycles. The standard InChI is InChI=1S/C17H19Cl2N3O2/c1-11-7-8-21(10-15(11)24-2)14-9-20-22(17(23)16(14)19)13-5-3-12(18)4-6-13/h3-6,9,11,15H,7-8,10H2,1-2H3. The Bertz CT molecular complexity index is 776. The van der Waals surface area contributed by atoms with Crippen molar-refractivity contribution >= 4 is 28.9 Å². The highest BCUT2D eigenvalue weighted by Crippen LogP contribution is 2.28. The number of anilines is 1. The number of halogens is 2. The first-order chi connectivity index (χ1) is 11.5. The molecule has 2 aromatic rings. The Kier molecular flexibility index (Phi) is 5.13. The van der Waals surface area contributed by atoms with E-state index in [1.807, 2.05) is 0 Å². The molecule has 2 unspecified atom stereocenters. The average molecular weight is 368 g/mol. The molecule has 2 atom stereocenters. The van der Waals surface area contributed by atoms with E-state index in [0.29, 0.717) is 28.9 Å². The summed E-state index contributed by atoms with van der Waals surface area (Å²) in [6, 6.07) is 6.89. The van der Waals surface area contributed by atoms with Crippen LogP contribution in [0.2, 0.25) is 10.0 Å². The zero-order valence-corrected chi connectivity index (χ0v) is 15.1. The van der Waals surface area contributed by atoms with E-state index in [1.54, 1.807) is 37.6 Å². The third-order valence-electron chi connectivity index (χ3n) is 4.50. The highest BCUT2D eigenvalue weighted by atomic mass is 35.5. The van der Waals surface area contributed by atoms with Crippen LogP contribution in [0.15, 0.2) is 35.3 Å². The van der Waals surface area contributed by atoms with E-state index in [0.717, 1.165) is 13.0 Å². The minimum atomic E-state index is -0.343. The Hall–Kier alpha value is -1.56. The lowest BCUT2D eigenvalue weighted by atomic mass is 9.95. The molecule has 0 radical (unpaired) electrons. The molecule has 24 heavy (non-hydrogen) atoms. The summed E-state index contributed by atoms with van der Waals surface area (Å²) in [4.78, 5) is 14.7. The molecule has 2 heterocycles. The van der Waals surface area contributed by atoms with Crippen molar-refractivity contribution in [1.29, 1.82) is 0 Å². The number of ether oxygens (including phenoxy) is 1. The summed E-state index contributed by atoms with van der Waals surface area (Å²) in [5.41, 5.74) is 0.935. The Morgan fingerprint density at radius 2 is 1.96 bits per heavy atom. The zero-order valence-electron chi connectivity index (χ0n) is 13.6. The van der Waals surface area contributed by atoms with Crippen molar-refractivity contribution in [3.8, 4) is 5.69 Å². The summed E-state index contributed by atoms with van der Waals surface area (Å²) in [5.74, 6) is 0.479. The molecule has 128 valence electrons. The summed E-state index contributed by atoms with van der Waals surface area (Å²) < 4.78 is 6.81. The molecule has 1 aromatic carbocycles. The average Bonchev–Trinajstić information content (AvgIpc) is 2.59. The van der Waals surface area contributed by atoms with Gasteiger partial charge in [0.25, 0.3) is 5.56 Å². The van der Waals surface area contributed by atoms with Gasteiger partial charge in [0.15, 0.2) is 0 Å². The maximum Gasteiger partial charge on any atom is 0.292 e. The minimum absolute atomic E-state index is 0.119. The predicted octanol–water partition coefficient (Wildman–Crippen LogP) is 3.40. The normalized spacial score (nSPS) is 21.1. The molecule has 7 heteroatoms. The van der Waals surface area contributed by atoms with Gasteiger partial charge in [0.1, 0.15) is 5.02 Å². The molecule has 0 saturated carbocycles. The van der Waals surface area contributed by atoms with Crippen LogP contribution in [0.3, 0.4) is 0 Å². The van der Waals surface area contributed by atoms with Crippen LogP contribution in [0.25, 0.3) is 5.69 Å². The number of hydrogen-bond acceptors (Lipinski definition) is 4. The molecule has 1 aliphatic heterocycles. The van der Waals surface area contributed by atoms with E-state index in [4.69, 9.17) is 27.9 Å². The van der Waals surface area contributed by atoms with E-state index < -0.39 is 0 Å². The van der Waals surface area contributed by atoms with Crippen molar-refractivity contribution in [3.63, 3.8) is 0 Å². The number of aromatic nitrogens is 2. The summed E-state index contributed by atoms with van der Waals surface area (Å²) >= 11 is 12.2. The third kappa shape index (κ3) is 3.29. The second-order valence-electron chi connectivity index (χ2n) is 6.02. The van der Waals surface area contributed by atoms with Gasteiger partial charge in [-0.25, -0.2) is 0 Å². The molecule has 0 spiro atoms. The fraction of sp³-hybridized carbons (Fsp3) is 0.412. The van der Waals surface area contributed by atoms with Crippen molar-refractivity contribution in [2.45, 2.75) is 19.4 Å². The molecule has 0 bridgehead atoms. The Labute approximate surface area is 150 Å². The minimum Gasteiger partial charge on any atom is -0.379 e. The number of benzene rings is 1. The second-order valence-corrected chi connectivity index (χ2v) is 6.84. The monoisotopic (exact) mass is 367 g/mol. The zero-order chi connectivity index (χ0) is 17.3. The molecule has 5 nitrogen and oxygen atoms in total. The summed E-state index contributed by atoms with van der Waals surface area (Å²) in [5, 5.41) is 5.05. The van der Waals surface area contributed by atoms with E-state index in [-0.39, 0.29) is 16.7 Å². The van der Waals surface area contributed by atoms with Gasteiger partial charge in [-0.15, -0.1) is 0 Å². The summed E-state index contributed by atoms with van der Waals surface area (Å²) in [6.45, 7) is 3.69. The number of rotatable bonds is 3. The lowest BCUT2D eigenvalue weighted by Gasteiger charge is -2.37. The van der Waals surface area contributed by atoms with Gasteiger partial charge < -0.3 is 9.64 Å². The van der Waals surface area contributed by atoms with Gasteiger partial charge >= 0.3 is 0 Å². The highest BCUT2D eigenvalue weighted by molar-refractivity contribution is 6.33. The molecular formula is C17H19Cl2N3O2. The molecular weight excluding hydrogens is 349 g/mol. The summed E-state index contributed by atoms with van der Waals surface area (Å²) in [7, 11) is 1.71. The van der Waals surface area contributed by atoms with Crippen molar-refractivity contribution < 1.29 is 4.74 Å². The maximum atomic E-state index is 12.6. The van der Waals surface area contributed by atoms with Crippen molar-refractivity contribution in [1.82, 2.24) is 9.78 Å². The first kappa shape index (κ1) is 17.3. The number of piperidine rings is 1. The van der Waals surface area contributed by atoms with Crippen molar-refractivity contribution in [2.75, 3.05) is 25.1 Å². The van der Waals surface area contributed by atoms with Crippen LogP contribution >= 0.6 is 23.2 Å². The Morgan fingerprint density at radius 3 is 2.62 bits per heavy atom. The molecule has 0 amide bonds. The van der Waals surface area contributed by atoms with Crippen LogP contribution in [-0.2, 0) is 4.74 Å². The van der Waals surface area contributed by atoms with Gasteiger partial charge in [-0.05, 0) is 36.6 Å². The fourth-order valence-corrected chi connectivity index (χ4v) is 3.34. The van der Waals surface area contributed by atoms with Gasteiger partial charge in [0, 0.05) is 25.2 Å². The maximum absolute atomic E-state index is 12.6. The van der Waals surface area contributed by atoms with E-state index >= 15 is 0 Å². The highest BCUT2D eigenvalue weighted by Gasteiger charge is 2.28. The van der Waals surface area contributed by atoms with Gasteiger partial charge in [-0.3, -0.25) is 4.79 Å². The number of hydrogen-bond donors (Lipinski definition) is 0. The van der Waals surface area contributed by atoms with Crippen LogP contribution in [0.1, 0.15) is 13.3 Å². The van der Waals surface area contributed by atoms with Gasteiger partial charge in [-0.2, -0.15) is 9.78 Å². The number of methoxy groups -OCH3 is 1. The molecule has 1 aromatic heterocycles. The fourth-order valence-electron chi connectivity index (χ4n) is 2.97. The Balaban J connectivity index is 1.93. The largest absolute Gasteiger partial charge is 0.379 e. The first-order valence-corrected chi connectivity index (χ1v) is 8.58. The van der Waals surface area contributed by atoms with Crippen LogP contribution in [0, 0.1) is 5.92 Å². The van der Waals surface area contributed by atoms with Crippen molar-refractivity contribution in [2.24, 2.45) is 5.92 Å². The molecule has 3 rings (SSSR count). The van der Waals surface area contributed by atoms with E-state index in [1.165, 1.54) is 4.68 Å². The van der Waals surface area contributed by atoms with Crippen LogP contribution in [0.5, 0.6) is 0 Å². The molecule has 0 N–H and O–H groups in total. The van der Waals surface area contributed by atoms with E-state index in [2.05, 4.69) is 16.9 Å². The topological polar surface area (TPSA) is 47.4 Å². The SMILES string of the molecule is COC1CN(c2cnn(-c3ccc(Cl)cc3)c(=O)c2Cl)CCC1C. The summed E-state index contributed by atoms with van der Waals surface area (Å²) in [6.07, 6.45) is 2.74. The third-order valence-corrected chi connectivity index (χ3v) is 5.11. The number of nitrogens with zero attached hydrogens (tertiary/aromatic N) is 3. The van der Waals surface area contributed by atoms with E-state index in [9.17, 15) is 4.79 Å². The van der Waals surface area contributed by atoms with Gasteiger partial charge in [0.05, 0.1) is 23.7 Å². The van der Waals surface area contributed by atoms with Gasteiger partial charge in [0.2, 0.25) is 0 Å². The van der Waals surface area contributed by atoms with Crippen LogP contribution in [-0.4, -0.2) is 36.1 Å². The lowest BCUT2D eigenvalue weighted by molar-refractivity contribution is 0.0498. The smallest absolute Gasteiger partial charge is 0.292 e. The first-order valence-electron chi connectivity index (χ1n) is 7.82. The molecule has 1 fully saturated rings. The second kappa shape index (κ2) is 7.13. The lowest BCUT2D eigenvalue weighted by Crippen LogP contribution is -2.44. The van der Waals surface area contributed by atoms with Crippen molar-refractivity contribution in [3.05, 3.63) is 50.9 Å². The van der Waals surface area contributed by atoms with Crippen LogP contribution < -0.4 is 10.5 Å². The Morgan fingerprint density at radius 1 is 1.25 bits per heavy atom. The molecule has 1 aliphatic rings. The van der Waals surface area contributed by atoms with Gasteiger partial charge in [-0.1, -0.05) is 30.1 Å². The molecule has 0 aliphatic carbocycles.